The van der Waals surface area contributed by atoms with E-state index in [4.69, 9.17) is 5.11 Å². The van der Waals surface area contributed by atoms with E-state index in [0.717, 1.165) is 6.26 Å². The fraction of sp³-hybridized carbons (Fsp3) is 0.533. The fourth-order valence-electron chi connectivity index (χ4n) is 3.05. The number of sulfonamides is 1. The molecule has 1 fully saturated rings. The predicted molar refractivity (Wildman–Crippen MR) is 88.1 cm³/mol. The van der Waals surface area contributed by atoms with Crippen molar-refractivity contribution in [2.45, 2.75) is 48.9 Å². The van der Waals surface area contributed by atoms with E-state index >= 15 is 0 Å². The van der Waals surface area contributed by atoms with E-state index in [1.165, 1.54) is 19.1 Å². The summed E-state index contributed by atoms with van der Waals surface area (Å²) < 4.78 is 51.6. The van der Waals surface area contributed by atoms with Crippen molar-refractivity contribution in [3.05, 3.63) is 23.3 Å². The number of hydrogen-bond donors (Lipinski definition) is 2. The smallest absolute Gasteiger partial charge is 0.306 e. The number of benzene rings is 1. The lowest BCUT2D eigenvalue weighted by Gasteiger charge is -2.16. The zero-order chi connectivity index (χ0) is 18.3. The van der Waals surface area contributed by atoms with E-state index in [9.17, 15) is 21.6 Å². The molecular weight excluding hydrogens is 354 g/mol. The molecule has 1 aromatic carbocycles. The molecule has 2 atom stereocenters. The van der Waals surface area contributed by atoms with Gasteiger partial charge in [0.25, 0.3) is 0 Å². The molecule has 0 saturated heterocycles. The van der Waals surface area contributed by atoms with Gasteiger partial charge >= 0.3 is 5.97 Å². The number of carbonyl (C=O) groups is 1. The van der Waals surface area contributed by atoms with Crippen molar-refractivity contribution in [1.29, 1.82) is 0 Å². The first-order valence-electron chi connectivity index (χ1n) is 7.48. The summed E-state index contributed by atoms with van der Waals surface area (Å²) in [4.78, 5) is 10.9. The highest BCUT2D eigenvalue weighted by Crippen LogP contribution is 2.29. The number of sulfone groups is 1. The third-order valence-corrected chi connectivity index (χ3v) is 7.12. The highest BCUT2D eigenvalue weighted by atomic mass is 32.2. The average molecular weight is 375 g/mol. The minimum atomic E-state index is -3.94. The summed E-state index contributed by atoms with van der Waals surface area (Å²) in [5, 5.41) is 9.01. The van der Waals surface area contributed by atoms with Crippen molar-refractivity contribution in [3.8, 4) is 0 Å². The maximum atomic E-state index is 12.7. The van der Waals surface area contributed by atoms with Crippen LogP contribution in [0.3, 0.4) is 0 Å². The summed E-state index contributed by atoms with van der Waals surface area (Å²) in [6.07, 6.45) is 2.13. The number of carboxylic acid groups (broad SMARTS) is 1. The summed E-state index contributed by atoms with van der Waals surface area (Å²) >= 11 is 0. The SMILES string of the molecule is Cc1cc(S(C)(=O)=O)c(C)c(S(=O)(=O)N[C@@H]2CC[C@H](C(=O)O)C2)c1. The second-order valence-electron chi connectivity index (χ2n) is 6.32. The second kappa shape index (κ2) is 6.45. The summed E-state index contributed by atoms with van der Waals surface area (Å²) in [6, 6.07) is 2.41. The Morgan fingerprint density at radius 1 is 1.12 bits per heavy atom. The molecular formula is C15H21NO6S2. The lowest BCUT2D eigenvalue weighted by atomic mass is 10.1. The van der Waals surface area contributed by atoms with Gasteiger partial charge in [0.05, 0.1) is 15.7 Å². The number of carboxylic acids is 1. The Hall–Kier alpha value is -1.45. The quantitative estimate of drug-likeness (QED) is 0.799. The first-order chi connectivity index (χ1) is 10.9. The van der Waals surface area contributed by atoms with Crippen molar-refractivity contribution < 1.29 is 26.7 Å². The maximum absolute atomic E-state index is 12.7. The van der Waals surface area contributed by atoms with E-state index in [2.05, 4.69) is 4.72 Å². The fourth-order valence-corrected chi connectivity index (χ4v) is 5.82. The van der Waals surface area contributed by atoms with Crippen molar-refractivity contribution in [1.82, 2.24) is 4.72 Å². The van der Waals surface area contributed by atoms with Crippen LogP contribution >= 0.6 is 0 Å². The Labute approximate surface area is 142 Å². The molecule has 134 valence electrons. The highest BCUT2D eigenvalue weighted by molar-refractivity contribution is 7.91. The molecule has 9 heteroatoms. The van der Waals surface area contributed by atoms with Crippen molar-refractivity contribution >= 4 is 25.8 Å². The molecule has 0 aromatic heterocycles. The van der Waals surface area contributed by atoms with E-state index in [0.29, 0.717) is 18.4 Å². The van der Waals surface area contributed by atoms with Crippen LogP contribution in [0.25, 0.3) is 0 Å². The monoisotopic (exact) mass is 375 g/mol. The molecule has 0 heterocycles. The predicted octanol–water partition coefficient (Wildman–Crippen LogP) is 1.24. The van der Waals surface area contributed by atoms with Crippen molar-refractivity contribution in [2.24, 2.45) is 5.92 Å². The molecule has 0 spiro atoms. The van der Waals surface area contributed by atoms with Crippen LogP contribution in [0.1, 0.15) is 30.4 Å². The molecule has 0 amide bonds. The first-order valence-corrected chi connectivity index (χ1v) is 10.9. The Morgan fingerprint density at radius 2 is 1.71 bits per heavy atom. The number of nitrogens with one attached hydrogen (secondary N) is 1. The molecule has 0 bridgehead atoms. The Bertz CT molecular complexity index is 873. The average Bonchev–Trinajstić information content (AvgIpc) is 2.87. The van der Waals surface area contributed by atoms with Gasteiger partial charge in [-0.25, -0.2) is 21.6 Å². The zero-order valence-electron chi connectivity index (χ0n) is 13.7. The number of hydrogen-bond acceptors (Lipinski definition) is 5. The molecule has 2 N–H and O–H groups in total. The summed E-state index contributed by atoms with van der Waals surface area (Å²) in [7, 11) is -7.49. The molecule has 1 aromatic rings. The van der Waals surface area contributed by atoms with Crippen molar-refractivity contribution in [2.75, 3.05) is 6.26 Å². The highest BCUT2D eigenvalue weighted by Gasteiger charge is 2.33. The minimum absolute atomic E-state index is 0.0160. The summed E-state index contributed by atoms with van der Waals surface area (Å²) in [5.74, 6) is -1.48. The molecule has 2 rings (SSSR count). The molecule has 1 saturated carbocycles. The zero-order valence-corrected chi connectivity index (χ0v) is 15.4. The summed E-state index contributed by atoms with van der Waals surface area (Å²) in [6.45, 7) is 3.09. The van der Waals surface area contributed by atoms with Gasteiger partial charge in [0.1, 0.15) is 0 Å². The van der Waals surface area contributed by atoms with Gasteiger partial charge in [-0.1, -0.05) is 0 Å². The van der Waals surface area contributed by atoms with Crippen LogP contribution in [-0.4, -0.2) is 40.2 Å². The first kappa shape index (κ1) is 18.9. The molecule has 0 aliphatic heterocycles. The third kappa shape index (κ3) is 3.96. The van der Waals surface area contributed by atoms with Crippen LogP contribution in [0.5, 0.6) is 0 Å². The number of rotatable bonds is 5. The van der Waals surface area contributed by atoms with E-state index < -0.39 is 37.8 Å². The van der Waals surface area contributed by atoms with Crippen LogP contribution in [0, 0.1) is 19.8 Å². The van der Waals surface area contributed by atoms with Gasteiger partial charge in [-0.15, -0.1) is 0 Å². The molecule has 1 aliphatic carbocycles. The van der Waals surface area contributed by atoms with Crippen LogP contribution in [0.4, 0.5) is 0 Å². The van der Waals surface area contributed by atoms with Crippen LogP contribution in [-0.2, 0) is 24.7 Å². The lowest BCUT2D eigenvalue weighted by molar-refractivity contribution is -0.141. The number of aliphatic carboxylic acids is 1. The van der Waals surface area contributed by atoms with Gasteiger partial charge in [0, 0.05) is 12.3 Å². The minimum Gasteiger partial charge on any atom is -0.481 e. The summed E-state index contributed by atoms with van der Waals surface area (Å²) in [5.41, 5.74) is 0.694. The van der Waals surface area contributed by atoms with Crippen molar-refractivity contribution in [3.63, 3.8) is 0 Å². The van der Waals surface area contributed by atoms with Gasteiger partial charge in [-0.3, -0.25) is 4.79 Å². The van der Waals surface area contributed by atoms with Gasteiger partial charge < -0.3 is 5.11 Å². The van der Waals surface area contributed by atoms with Crippen LogP contribution in [0.2, 0.25) is 0 Å². The molecule has 0 unspecified atom stereocenters. The lowest BCUT2D eigenvalue weighted by Crippen LogP contribution is -2.34. The molecule has 24 heavy (non-hydrogen) atoms. The molecule has 0 radical (unpaired) electrons. The largest absolute Gasteiger partial charge is 0.481 e. The van der Waals surface area contributed by atoms with E-state index in [1.807, 2.05) is 0 Å². The Kier molecular flexibility index (Phi) is 5.08. The van der Waals surface area contributed by atoms with E-state index in [-0.39, 0.29) is 21.8 Å². The Morgan fingerprint density at radius 3 is 2.21 bits per heavy atom. The molecule has 1 aliphatic rings. The third-order valence-electron chi connectivity index (χ3n) is 4.25. The second-order valence-corrected chi connectivity index (χ2v) is 9.99. The maximum Gasteiger partial charge on any atom is 0.306 e. The van der Waals surface area contributed by atoms with Gasteiger partial charge in [-0.2, -0.15) is 0 Å². The van der Waals surface area contributed by atoms with Gasteiger partial charge in [-0.05, 0) is 56.4 Å². The normalized spacial score (nSPS) is 21.8. The van der Waals surface area contributed by atoms with E-state index in [1.54, 1.807) is 6.92 Å². The molecule has 7 nitrogen and oxygen atoms in total. The van der Waals surface area contributed by atoms with Gasteiger partial charge in [0.2, 0.25) is 10.0 Å². The van der Waals surface area contributed by atoms with Gasteiger partial charge in [0.15, 0.2) is 9.84 Å². The van der Waals surface area contributed by atoms with Crippen LogP contribution in [0.15, 0.2) is 21.9 Å². The number of aryl methyl sites for hydroxylation is 1. The topological polar surface area (TPSA) is 118 Å². The standard InChI is InChI=1S/C15H21NO6S2/c1-9-6-13(23(3,19)20)10(2)14(7-9)24(21,22)16-12-5-4-11(8-12)15(17)18/h6-7,11-12,16H,4-5,8H2,1-3H3,(H,17,18)/t11-,12+/m0/s1. The Balaban J connectivity index is 2.37. The van der Waals surface area contributed by atoms with Crippen LogP contribution < -0.4 is 4.72 Å².